The van der Waals surface area contributed by atoms with Gasteiger partial charge in [0.2, 0.25) is 0 Å². The van der Waals surface area contributed by atoms with Crippen molar-refractivity contribution in [1.29, 1.82) is 0 Å². The highest BCUT2D eigenvalue weighted by molar-refractivity contribution is 7.22. The van der Waals surface area contributed by atoms with E-state index in [1.807, 2.05) is 27.7 Å². The lowest BCUT2D eigenvalue weighted by molar-refractivity contribution is -0.192. The second kappa shape index (κ2) is 14.2. The summed E-state index contributed by atoms with van der Waals surface area (Å²) in [5.41, 5.74) is 4.76. The summed E-state index contributed by atoms with van der Waals surface area (Å²) in [6.45, 7) is 1.05. The third kappa shape index (κ3) is 7.98. The highest BCUT2D eigenvalue weighted by atomic mass is 35.5. The molecule has 0 unspecified atom stereocenters. The summed E-state index contributed by atoms with van der Waals surface area (Å²) in [7, 11) is 0. The lowest BCUT2D eigenvalue weighted by Gasteiger charge is -2.13. The van der Waals surface area contributed by atoms with Crippen molar-refractivity contribution in [3.63, 3.8) is 0 Å². The highest BCUT2D eigenvalue weighted by Crippen LogP contribution is 2.45. The number of aliphatic hydroxyl groups is 1. The minimum atomic E-state index is -5.08. The molecular weight excluding hydrogens is 690 g/mol. The molecule has 4 aromatic heterocycles. The number of aromatic nitrogens is 6. The van der Waals surface area contributed by atoms with Crippen molar-refractivity contribution in [3.8, 4) is 16.2 Å². The summed E-state index contributed by atoms with van der Waals surface area (Å²) in [5.74, 6) is -1.85. The molecule has 1 aliphatic rings. The second-order valence-corrected chi connectivity index (χ2v) is 12.3. The summed E-state index contributed by atoms with van der Waals surface area (Å²) < 4.78 is 54.7. The molecule has 4 heterocycles. The average molecular weight is 716 g/mol. The van der Waals surface area contributed by atoms with E-state index in [4.69, 9.17) is 31.3 Å². The van der Waals surface area contributed by atoms with Crippen LogP contribution in [-0.4, -0.2) is 57.8 Å². The van der Waals surface area contributed by atoms with Crippen LogP contribution in [0, 0.1) is 5.82 Å². The molecule has 0 saturated carbocycles. The maximum absolute atomic E-state index is 13.5. The SMILES string of the molecule is O=C(O)C(F)(F)F.O[C@H](Cn1ccnc1)Cn1cc2c(n1)CCc1c-2sc2ncnc(Nc3ccc(OCc4cccc(F)c4)c(Cl)c3)c12. The molecule has 2 aromatic carbocycles. The number of fused-ring (bicyclic) bond motifs is 5. The van der Waals surface area contributed by atoms with E-state index in [-0.39, 0.29) is 12.4 Å². The van der Waals surface area contributed by atoms with Gasteiger partial charge < -0.3 is 24.8 Å². The molecule has 17 heteroatoms. The molecule has 49 heavy (non-hydrogen) atoms. The number of carboxylic acid groups (broad SMARTS) is 1. The number of aliphatic carboxylic acids is 1. The minimum absolute atomic E-state index is 0.208. The number of carbonyl (C=O) groups is 1. The number of thiophene rings is 1. The smallest absolute Gasteiger partial charge is 0.487 e. The number of nitrogens with zero attached hydrogens (tertiary/aromatic N) is 6. The van der Waals surface area contributed by atoms with E-state index in [2.05, 4.69) is 20.3 Å². The summed E-state index contributed by atoms with van der Waals surface area (Å²) in [6.07, 6.45) is 4.73. The molecule has 3 N–H and O–H groups in total. The number of nitrogens with one attached hydrogen (secondary N) is 1. The zero-order chi connectivity index (χ0) is 34.7. The third-order valence-corrected chi connectivity index (χ3v) is 8.85. The van der Waals surface area contributed by atoms with Gasteiger partial charge in [0, 0.05) is 34.7 Å². The molecule has 6 aromatic rings. The quantitative estimate of drug-likeness (QED) is 0.140. The lowest BCUT2D eigenvalue weighted by atomic mass is 9.95. The largest absolute Gasteiger partial charge is 0.490 e. The fraction of sp³-hybridized carbons (Fsp3) is 0.219. The number of carboxylic acids is 1. The first kappa shape index (κ1) is 33.8. The Labute approximate surface area is 284 Å². The fourth-order valence-electron chi connectivity index (χ4n) is 5.25. The van der Waals surface area contributed by atoms with Crippen LogP contribution in [0.25, 0.3) is 20.7 Å². The van der Waals surface area contributed by atoms with Crippen LogP contribution in [0.2, 0.25) is 5.02 Å². The van der Waals surface area contributed by atoms with Gasteiger partial charge in [-0.15, -0.1) is 11.3 Å². The van der Waals surface area contributed by atoms with Crippen molar-refractivity contribution in [2.24, 2.45) is 0 Å². The Kier molecular flexibility index (Phi) is 9.80. The molecule has 0 radical (unpaired) electrons. The average Bonchev–Trinajstić information content (AvgIpc) is 3.79. The van der Waals surface area contributed by atoms with Crippen molar-refractivity contribution < 1.29 is 37.3 Å². The molecule has 0 amide bonds. The number of hydrogen-bond acceptors (Lipinski definition) is 9. The standard InChI is InChI=1S/C30H25ClFN7O2S.C2HF3O2/c31-24-11-20(4-7-26(24)41-15-18-2-1-3-19(32)10-18)36-29-27-22-5-6-25-23(28(22)42-30(27)35-16-34-29)14-39(37-25)13-21(40)12-38-9-8-33-17-38;3-2(4,5)1(6)7/h1-4,7-11,14,16-17,21,40H,5-6,12-13,15H2,(H,34,35,36);(H,6,7)/t21-;/m1./s1. The Bertz CT molecular complexity index is 2100. The molecule has 1 atom stereocenters. The summed E-state index contributed by atoms with van der Waals surface area (Å²) in [4.78, 5) is 24.1. The zero-order valence-corrected chi connectivity index (χ0v) is 26.8. The number of alkyl halides is 3. The van der Waals surface area contributed by atoms with Gasteiger partial charge in [-0.05, 0) is 54.3 Å². The highest BCUT2D eigenvalue weighted by Gasteiger charge is 2.38. The Balaban J connectivity index is 0.000000540. The first-order valence-corrected chi connectivity index (χ1v) is 15.8. The van der Waals surface area contributed by atoms with Crippen molar-refractivity contribution in [2.45, 2.75) is 44.8 Å². The molecule has 254 valence electrons. The lowest BCUT2D eigenvalue weighted by Crippen LogP contribution is -2.21. The zero-order valence-electron chi connectivity index (χ0n) is 25.2. The van der Waals surface area contributed by atoms with Crippen LogP contribution in [0.3, 0.4) is 0 Å². The maximum atomic E-state index is 13.5. The van der Waals surface area contributed by atoms with Gasteiger partial charge in [-0.2, -0.15) is 18.3 Å². The van der Waals surface area contributed by atoms with Crippen molar-refractivity contribution in [1.82, 2.24) is 29.3 Å². The van der Waals surface area contributed by atoms with Crippen molar-refractivity contribution in [3.05, 3.63) is 101 Å². The predicted octanol–water partition coefficient (Wildman–Crippen LogP) is 6.66. The number of benzene rings is 2. The number of halogens is 5. The summed E-state index contributed by atoms with van der Waals surface area (Å²) in [6, 6.07) is 11.7. The summed E-state index contributed by atoms with van der Waals surface area (Å²) >= 11 is 8.16. The number of rotatable bonds is 9. The molecule has 0 aliphatic heterocycles. The molecule has 0 saturated heterocycles. The second-order valence-electron chi connectivity index (χ2n) is 10.9. The Morgan fingerprint density at radius 1 is 1.14 bits per heavy atom. The molecule has 1 aliphatic carbocycles. The van der Waals surface area contributed by atoms with Crippen LogP contribution in [-0.2, 0) is 37.3 Å². The van der Waals surface area contributed by atoms with Gasteiger partial charge in [-0.25, -0.2) is 24.1 Å². The molecule has 0 bridgehead atoms. The van der Waals surface area contributed by atoms with Gasteiger partial charge in [0.1, 0.15) is 35.1 Å². The Morgan fingerprint density at radius 2 is 1.96 bits per heavy atom. The third-order valence-electron chi connectivity index (χ3n) is 7.38. The van der Waals surface area contributed by atoms with Gasteiger partial charge in [0.15, 0.2) is 0 Å². The van der Waals surface area contributed by atoms with Gasteiger partial charge in [-0.1, -0.05) is 23.7 Å². The van der Waals surface area contributed by atoms with E-state index >= 15 is 0 Å². The number of hydrogen-bond donors (Lipinski definition) is 3. The predicted molar refractivity (Wildman–Crippen MR) is 173 cm³/mol. The van der Waals surface area contributed by atoms with Crippen LogP contribution < -0.4 is 10.1 Å². The van der Waals surface area contributed by atoms with Crippen LogP contribution in [0.15, 0.2) is 73.7 Å². The van der Waals surface area contributed by atoms with Gasteiger partial charge in [0.05, 0.1) is 41.6 Å². The monoisotopic (exact) mass is 715 g/mol. The number of anilines is 2. The topological polar surface area (TPSA) is 140 Å². The first-order chi connectivity index (χ1) is 23.4. The molecule has 0 spiro atoms. The van der Waals surface area contributed by atoms with E-state index in [0.717, 1.165) is 50.4 Å². The maximum Gasteiger partial charge on any atom is 0.490 e. The normalized spacial score (nSPS) is 12.9. The van der Waals surface area contributed by atoms with Crippen molar-refractivity contribution in [2.75, 3.05) is 5.32 Å². The van der Waals surface area contributed by atoms with Crippen molar-refractivity contribution >= 4 is 50.6 Å². The van der Waals surface area contributed by atoms with Gasteiger partial charge >= 0.3 is 12.1 Å². The van der Waals surface area contributed by atoms with E-state index in [1.54, 1.807) is 54.5 Å². The molecular formula is C32H26ClF4N7O4S. The van der Waals surface area contributed by atoms with Crippen LogP contribution in [0.1, 0.15) is 16.8 Å². The molecule has 11 nitrogen and oxygen atoms in total. The van der Waals surface area contributed by atoms with E-state index in [9.17, 15) is 22.7 Å². The van der Waals surface area contributed by atoms with E-state index < -0.39 is 18.2 Å². The number of aryl methyl sites for hydroxylation is 2. The molecule has 7 rings (SSSR count). The number of imidazole rings is 1. The van der Waals surface area contributed by atoms with E-state index in [0.29, 0.717) is 29.7 Å². The first-order valence-electron chi connectivity index (χ1n) is 14.7. The molecule has 0 fully saturated rings. The summed E-state index contributed by atoms with van der Waals surface area (Å²) in [5, 5.41) is 27.3. The number of aliphatic hydroxyl groups excluding tert-OH is 1. The van der Waals surface area contributed by atoms with Crippen LogP contribution >= 0.6 is 22.9 Å². The van der Waals surface area contributed by atoms with Gasteiger partial charge in [0.25, 0.3) is 0 Å². The fourth-order valence-corrected chi connectivity index (χ4v) is 6.70. The van der Waals surface area contributed by atoms with E-state index in [1.165, 1.54) is 17.7 Å². The Morgan fingerprint density at radius 3 is 2.67 bits per heavy atom. The number of ether oxygens (including phenoxy) is 1. The van der Waals surface area contributed by atoms with Crippen LogP contribution in [0.5, 0.6) is 5.75 Å². The van der Waals surface area contributed by atoms with Gasteiger partial charge in [-0.3, -0.25) is 4.68 Å². The minimum Gasteiger partial charge on any atom is -0.487 e. The van der Waals surface area contributed by atoms with Crippen LogP contribution in [0.4, 0.5) is 29.1 Å². The Hall–Kier alpha value is -5.06.